The van der Waals surface area contributed by atoms with E-state index in [4.69, 9.17) is 14.2 Å². The number of cyclic esters (lactones) is 2. The number of hydrogen-bond acceptors (Lipinski definition) is 10. The third-order valence-electron chi connectivity index (χ3n) is 12.6. The van der Waals surface area contributed by atoms with Crippen molar-refractivity contribution in [2.24, 2.45) is 53.3 Å². The molecule has 10 nitrogen and oxygen atoms in total. The molecule has 6 rings (SSSR count). The summed E-state index contributed by atoms with van der Waals surface area (Å²) in [7, 11) is 0. The molecule has 0 radical (unpaired) electrons. The Morgan fingerprint density at radius 1 is 0.778 bits per heavy atom. The van der Waals surface area contributed by atoms with Gasteiger partial charge < -0.3 is 35.0 Å². The number of hydrogen-bond donors (Lipinski definition) is 3. The van der Waals surface area contributed by atoms with Crippen LogP contribution >= 0.6 is 0 Å². The molecule has 300 valence electrons. The summed E-state index contributed by atoms with van der Waals surface area (Å²) in [6.45, 7) is 12.7. The number of carbonyl (C=O) groups excluding carboxylic acids is 3. The first-order chi connectivity index (χ1) is 24.7. The third kappa shape index (κ3) is 12.4. The molecule has 0 bridgehead atoms. The maximum Gasteiger partial charge on any atom is 1.00 e. The van der Waals surface area contributed by atoms with Crippen LogP contribution < -0.4 is 51.4 Å². The minimum atomic E-state index is -0.597. The minimum Gasteiger partial charge on any atom is -0.870 e. The van der Waals surface area contributed by atoms with Crippen molar-refractivity contribution in [3.05, 3.63) is 47.6 Å². The first kappa shape index (κ1) is 47.2. The summed E-state index contributed by atoms with van der Waals surface area (Å²) in [6, 6.07) is 0. The second kappa shape index (κ2) is 21.6. The molecular weight excluding hydrogens is 716 g/mol. The third-order valence-corrected chi connectivity index (χ3v) is 12.6. The van der Waals surface area contributed by atoms with Crippen LogP contribution in [-0.4, -0.2) is 75.3 Å². The van der Waals surface area contributed by atoms with Crippen molar-refractivity contribution in [3.63, 3.8) is 0 Å². The molecule has 11 heteroatoms. The van der Waals surface area contributed by atoms with Crippen molar-refractivity contribution >= 4 is 17.9 Å². The number of allylic oxidation sites excluding steroid dienone is 6. The predicted octanol–water partition coefficient (Wildman–Crippen LogP) is 3.87. The fourth-order valence-corrected chi connectivity index (χ4v) is 9.62. The average Bonchev–Trinajstić information content (AvgIpc) is 3.06. The molecule has 0 spiro atoms. The number of fused-ring (bicyclic) bond motifs is 2. The second-order valence-electron chi connectivity index (χ2n) is 17.0. The van der Waals surface area contributed by atoms with Crippen molar-refractivity contribution in [3.8, 4) is 0 Å². The van der Waals surface area contributed by atoms with Crippen molar-refractivity contribution in [2.75, 3.05) is 0 Å². The maximum absolute atomic E-state index is 12.5. The summed E-state index contributed by atoms with van der Waals surface area (Å²) >= 11 is 0. The van der Waals surface area contributed by atoms with Gasteiger partial charge in [0.2, 0.25) is 0 Å². The molecule has 15 atom stereocenters. The molecule has 0 aromatic carbocycles. The van der Waals surface area contributed by atoms with Crippen LogP contribution in [0.15, 0.2) is 47.6 Å². The number of ether oxygens (including phenoxy) is 3. The molecule has 0 aromatic heterocycles. The summed E-state index contributed by atoms with van der Waals surface area (Å²) in [5.74, 6) is 1.85. The molecule has 4 N–H and O–H groups in total. The Labute approximate surface area is 366 Å². The van der Waals surface area contributed by atoms with E-state index in [1.54, 1.807) is 0 Å². The van der Waals surface area contributed by atoms with Gasteiger partial charge in [-0.2, -0.15) is 0 Å². The Morgan fingerprint density at radius 2 is 1.24 bits per heavy atom. The van der Waals surface area contributed by atoms with Crippen LogP contribution in [0.5, 0.6) is 0 Å². The first-order valence-electron chi connectivity index (χ1n) is 20.2. The van der Waals surface area contributed by atoms with Gasteiger partial charge in [-0.15, -0.1) is 0 Å². The van der Waals surface area contributed by atoms with Crippen LogP contribution in [0, 0.1) is 53.3 Å². The zero-order chi connectivity index (χ0) is 37.7. The van der Waals surface area contributed by atoms with Gasteiger partial charge in [0.05, 0.1) is 37.1 Å². The molecule has 0 saturated carbocycles. The van der Waals surface area contributed by atoms with Gasteiger partial charge in [-0.05, 0) is 91.6 Å². The Kier molecular flexibility index (Phi) is 18.9. The zero-order valence-electron chi connectivity index (χ0n) is 33.6. The standard InChI is InChI=1S/C24H36O5.C19H28O4.K.H2O.H2/c1-5-15(3)24(27)29-21-11-14(2)10-17-7-6-16(4)20(23(17)21)9-8-19-12-18(25)13-22(26)28-19;1-11-7-13-4-3-12(2)16(19(13)17(21)8-11)6-5-15-9-14(20)10-18(22)23-15;;;/h6-7,10,14-16,18-21,23,25H,5,8-9,11-13H2,1-4H3;3-4,7,11-12,14-17,19-21H,5-6,8-10H2,1-2H3;;1H2;1H/q;;+1;;/p-1/i;;;;1+1. The zero-order valence-corrected chi connectivity index (χ0v) is 36.8. The van der Waals surface area contributed by atoms with E-state index in [0.717, 1.165) is 44.9 Å². The first-order valence-corrected chi connectivity index (χ1v) is 20.2. The van der Waals surface area contributed by atoms with E-state index in [2.05, 4.69) is 64.2 Å². The van der Waals surface area contributed by atoms with Crippen LogP contribution in [0.1, 0.15) is 114 Å². The number of aliphatic hydroxyl groups is 3. The van der Waals surface area contributed by atoms with Crippen molar-refractivity contribution in [1.29, 1.82) is 0 Å². The fraction of sp³-hybridized carbons (Fsp3) is 0.744. The smallest absolute Gasteiger partial charge is 0.870 e. The van der Waals surface area contributed by atoms with Crippen molar-refractivity contribution < 1.29 is 102 Å². The van der Waals surface area contributed by atoms with Crippen LogP contribution in [0.2, 0.25) is 0 Å². The largest absolute Gasteiger partial charge is 1.00 e. The van der Waals surface area contributed by atoms with E-state index in [1.165, 1.54) is 11.1 Å². The molecule has 0 aromatic rings. The molecule has 2 saturated heterocycles. The Hall–Kier alpha value is -1.15. The number of rotatable bonds is 9. The van der Waals surface area contributed by atoms with Crippen LogP contribution in [0.25, 0.3) is 0 Å². The van der Waals surface area contributed by atoms with Gasteiger partial charge in [0.1, 0.15) is 18.3 Å². The maximum atomic E-state index is 12.5. The SMILES string of the molecule is CC1C=C2C=CC(C)C(CCC3CC(O)CC(=O)O3)C2C(O)C1.CCC(C)C(=O)OC1CC(C)C=C2C=CC(C)C(CCC3CC(O)CC(=O)O3)C21.[2HH].[K+].[OH-]. The molecule has 0 amide bonds. The summed E-state index contributed by atoms with van der Waals surface area (Å²) in [4.78, 5) is 35.7. The summed E-state index contributed by atoms with van der Waals surface area (Å²) in [5, 5.41) is 30.2. The van der Waals surface area contributed by atoms with Gasteiger partial charge in [-0.3, -0.25) is 14.4 Å². The molecular formula is C43H67KO10. The molecule has 2 aliphatic heterocycles. The van der Waals surface area contributed by atoms with Gasteiger partial charge >= 0.3 is 69.3 Å². The number of esters is 3. The quantitative estimate of drug-likeness (QED) is 0.177. The number of aliphatic hydroxyl groups excluding tert-OH is 3. The average molecular weight is 784 g/mol. The second-order valence-corrected chi connectivity index (χ2v) is 17.0. The van der Waals surface area contributed by atoms with Gasteiger partial charge in [-0.25, -0.2) is 0 Å². The molecule has 2 fully saturated rings. The molecule has 54 heavy (non-hydrogen) atoms. The molecule has 6 aliphatic rings. The molecule has 4 aliphatic carbocycles. The van der Waals surface area contributed by atoms with Crippen LogP contribution in [0.3, 0.4) is 0 Å². The number of carbonyl (C=O) groups is 3. The van der Waals surface area contributed by atoms with E-state index in [1.807, 2.05) is 13.8 Å². The molecule has 2 heterocycles. The van der Waals surface area contributed by atoms with Crippen molar-refractivity contribution in [1.82, 2.24) is 0 Å². The van der Waals surface area contributed by atoms with Crippen LogP contribution in [0.4, 0.5) is 0 Å². The predicted molar refractivity (Wildman–Crippen MR) is 202 cm³/mol. The van der Waals surface area contributed by atoms with Gasteiger partial charge in [0.25, 0.3) is 0 Å². The Balaban J connectivity index is 0.000000368. The fourth-order valence-electron chi connectivity index (χ4n) is 9.62. The Morgan fingerprint density at radius 3 is 1.72 bits per heavy atom. The van der Waals surface area contributed by atoms with Gasteiger partial charge in [0.15, 0.2) is 0 Å². The summed E-state index contributed by atoms with van der Waals surface area (Å²) < 4.78 is 16.9. The normalized spacial score (nSPS) is 38.9. The van der Waals surface area contributed by atoms with E-state index < -0.39 is 12.2 Å². The van der Waals surface area contributed by atoms with Gasteiger partial charge in [0, 0.05) is 26.1 Å². The van der Waals surface area contributed by atoms with Crippen molar-refractivity contribution in [2.45, 2.75) is 149 Å². The van der Waals surface area contributed by atoms with E-state index in [0.29, 0.717) is 48.3 Å². The van der Waals surface area contributed by atoms with Crippen LogP contribution in [-0.2, 0) is 28.6 Å². The van der Waals surface area contributed by atoms with E-state index in [-0.39, 0.29) is 131 Å². The summed E-state index contributed by atoms with van der Waals surface area (Å²) in [5.41, 5.74) is 2.54. The Bertz CT molecular complexity index is 1400. The molecule has 15 unspecified atom stereocenters. The van der Waals surface area contributed by atoms with E-state index in [9.17, 15) is 29.7 Å². The topological polar surface area (TPSA) is 170 Å². The van der Waals surface area contributed by atoms with E-state index >= 15 is 0 Å². The summed E-state index contributed by atoms with van der Waals surface area (Å²) in [6.07, 6.45) is 18.5. The monoisotopic (exact) mass is 783 g/mol. The van der Waals surface area contributed by atoms with Gasteiger partial charge in [-0.1, -0.05) is 78.0 Å². The minimum absolute atomic E-state index is 0.